The molecule has 2 aliphatic rings. The number of amides is 2. The number of nitrogens with one attached hydrogen (secondary N) is 2. The van der Waals surface area contributed by atoms with Crippen LogP contribution in [0.3, 0.4) is 0 Å². The number of pyridine rings is 1. The van der Waals surface area contributed by atoms with Gasteiger partial charge in [0.05, 0.1) is 29.6 Å². The summed E-state index contributed by atoms with van der Waals surface area (Å²) in [6.45, 7) is 6.52. The van der Waals surface area contributed by atoms with Gasteiger partial charge in [-0.3, -0.25) is 9.78 Å². The molecule has 1 saturated heterocycles. The highest BCUT2D eigenvalue weighted by Gasteiger charge is 2.69. The molecule has 0 aliphatic carbocycles. The first-order valence-corrected chi connectivity index (χ1v) is 16.0. The standard InChI is InChI=1S/C32H34ClFN4O4S/c1-21(2)6-13-30-32(14-17-35-18-15-32)26-19-23(31(40)37-20-28-27(33)5-4-16-36-28)7-12-29(26)38(30,22(3)39)43(41,42)25-10-8-24(34)9-11-25/h4-12,16,19,30,35H,13-15,17-18,20H2,1-3H3/p+1. The highest BCUT2D eigenvalue weighted by molar-refractivity contribution is 7.91. The van der Waals surface area contributed by atoms with Gasteiger partial charge in [-0.2, -0.15) is 8.42 Å². The Kier molecular flexibility index (Phi) is 8.59. The number of carbonyl (C=O) groups excluding carboxylic acids is 2. The number of rotatable bonds is 7. The number of carbonyl (C=O) groups is 2. The van der Waals surface area contributed by atoms with Gasteiger partial charge in [0.1, 0.15) is 16.8 Å². The second-order valence-corrected chi connectivity index (χ2v) is 13.8. The Balaban J connectivity index is 1.71. The summed E-state index contributed by atoms with van der Waals surface area (Å²) in [6, 6.07) is 12.2. The lowest BCUT2D eigenvalue weighted by molar-refractivity contribution is -0.125. The first kappa shape index (κ1) is 31.0. The summed E-state index contributed by atoms with van der Waals surface area (Å²) in [5.41, 5.74) is 2.13. The van der Waals surface area contributed by atoms with Gasteiger partial charge in [0, 0.05) is 29.8 Å². The fraction of sp³-hybridized carbons (Fsp3) is 0.344. The van der Waals surface area contributed by atoms with Crippen LogP contribution in [0.25, 0.3) is 0 Å². The zero-order valence-electron chi connectivity index (χ0n) is 24.4. The Labute approximate surface area is 256 Å². The van der Waals surface area contributed by atoms with E-state index in [-0.39, 0.29) is 17.3 Å². The molecule has 0 bridgehead atoms. The Bertz CT molecular complexity index is 1700. The van der Waals surface area contributed by atoms with Gasteiger partial charge in [-0.25, -0.2) is 9.18 Å². The van der Waals surface area contributed by atoms with E-state index in [1.165, 1.54) is 19.1 Å². The molecule has 226 valence electrons. The van der Waals surface area contributed by atoms with Crippen molar-refractivity contribution in [3.63, 3.8) is 0 Å². The SMILES string of the molecule is CC(=O)[N+]1(S(=O)(=O)c2ccc(F)cc2)c2ccc(C(=O)NCc3ncccc3Cl)cc2C2(CCNCC2)C1CC=C(C)C. The molecule has 0 saturated carbocycles. The van der Waals surface area contributed by atoms with Gasteiger partial charge in [0.25, 0.3) is 5.91 Å². The maximum atomic E-state index is 14.8. The van der Waals surface area contributed by atoms with Crippen LogP contribution in [0.2, 0.25) is 5.02 Å². The van der Waals surface area contributed by atoms with Crippen LogP contribution in [-0.2, 0) is 26.8 Å². The predicted octanol–water partition coefficient (Wildman–Crippen LogP) is 5.41. The molecule has 11 heteroatoms. The van der Waals surface area contributed by atoms with Gasteiger partial charge in [-0.15, -0.1) is 3.89 Å². The van der Waals surface area contributed by atoms with Crippen LogP contribution in [0, 0.1) is 5.82 Å². The highest BCUT2D eigenvalue weighted by atomic mass is 35.5. The molecule has 2 N–H and O–H groups in total. The van der Waals surface area contributed by atoms with Crippen LogP contribution in [0.5, 0.6) is 0 Å². The Morgan fingerprint density at radius 3 is 2.44 bits per heavy atom. The number of piperidine rings is 1. The Hall–Kier alpha value is -3.44. The van der Waals surface area contributed by atoms with E-state index in [0.717, 1.165) is 17.7 Å². The number of hydrogen-bond acceptors (Lipinski definition) is 6. The van der Waals surface area contributed by atoms with Crippen LogP contribution in [0.4, 0.5) is 10.1 Å². The smallest absolute Gasteiger partial charge is 0.339 e. The number of fused-ring (bicyclic) bond motifs is 2. The number of benzene rings is 2. The van der Waals surface area contributed by atoms with Crippen molar-refractivity contribution in [1.29, 1.82) is 0 Å². The molecule has 2 unspecified atom stereocenters. The van der Waals surface area contributed by atoms with E-state index < -0.39 is 37.1 Å². The summed E-state index contributed by atoms with van der Waals surface area (Å²) in [5.74, 6) is -1.51. The van der Waals surface area contributed by atoms with E-state index in [9.17, 15) is 22.4 Å². The van der Waals surface area contributed by atoms with E-state index in [2.05, 4.69) is 15.6 Å². The molecular weight excluding hydrogens is 591 g/mol. The minimum Gasteiger partial charge on any atom is -0.346 e. The lowest BCUT2D eigenvalue weighted by Gasteiger charge is -2.43. The molecule has 2 amide bonds. The van der Waals surface area contributed by atoms with Crippen molar-refractivity contribution >= 4 is 39.1 Å². The summed E-state index contributed by atoms with van der Waals surface area (Å²) in [6.07, 6.45) is 5.03. The number of allylic oxidation sites excluding steroid dienone is 1. The number of sulfonamides is 1. The summed E-state index contributed by atoms with van der Waals surface area (Å²) < 4.78 is 42.5. The number of aromatic nitrogens is 1. The van der Waals surface area contributed by atoms with Gasteiger partial charge in [-0.05, 0) is 88.3 Å². The molecule has 0 radical (unpaired) electrons. The molecule has 2 aromatic carbocycles. The van der Waals surface area contributed by atoms with Gasteiger partial charge in [-0.1, -0.05) is 23.3 Å². The molecule has 1 spiro atoms. The zero-order valence-corrected chi connectivity index (χ0v) is 25.9. The third kappa shape index (κ3) is 5.20. The van der Waals surface area contributed by atoms with E-state index in [1.54, 1.807) is 36.5 Å². The molecule has 8 nitrogen and oxygen atoms in total. The first-order valence-electron chi connectivity index (χ1n) is 14.2. The zero-order chi connectivity index (χ0) is 31.0. The second-order valence-electron chi connectivity index (χ2n) is 11.4. The van der Waals surface area contributed by atoms with E-state index in [4.69, 9.17) is 11.6 Å². The van der Waals surface area contributed by atoms with Crippen LogP contribution < -0.4 is 14.5 Å². The predicted molar refractivity (Wildman–Crippen MR) is 165 cm³/mol. The van der Waals surface area contributed by atoms with E-state index >= 15 is 0 Å². The molecule has 3 heterocycles. The molecule has 1 fully saturated rings. The van der Waals surface area contributed by atoms with Gasteiger partial charge < -0.3 is 10.6 Å². The summed E-state index contributed by atoms with van der Waals surface area (Å²) in [5, 5.41) is 6.66. The number of halogens is 2. The second kappa shape index (κ2) is 11.9. The van der Waals surface area contributed by atoms with E-state index in [0.29, 0.717) is 59.9 Å². The van der Waals surface area contributed by atoms with Crippen molar-refractivity contribution in [3.8, 4) is 0 Å². The third-order valence-corrected chi connectivity index (χ3v) is 11.4. The van der Waals surface area contributed by atoms with Crippen LogP contribution >= 0.6 is 11.6 Å². The third-order valence-electron chi connectivity index (χ3n) is 8.68. The first-order chi connectivity index (χ1) is 20.4. The van der Waals surface area contributed by atoms with Crippen LogP contribution in [0.1, 0.15) is 61.6 Å². The van der Waals surface area contributed by atoms with Crippen molar-refractivity contribution in [2.45, 2.75) is 62.9 Å². The van der Waals surface area contributed by atoms with Crippen molar-refractivity contribution < 1.29 is 22.4 Å². The Morgan fingerprint density at radius 2 is 1.81 bits per heavy atom. The van der Waals surface area contributed by atoms with Crippen molar-refractivity contribution in [3.05, 3.63) is 100 Å². The van der Waals surface area contributed by atoms with E-state index in [1.807, 2.05) is 19.9 Å². The summed E-state index contributed by atoms with van der Waals surface area (Å²) in [4.78, 5) is 31.5. The molecule has 2 atom stereocenters. The number of hydrogen-bond donors (Lipinski definition) is 2. The maximum Gasteiger partial charge on any atom is 0.339 e. The van der Waals surface area contributed by atoms with Crippen molar-refractivity contribution in [1.82, 2.24) is 19.5 Å². The number of nitrogens with zero attached hydrogens (tertiary/aromatic N) is 2. The van der Waals surface area contributed by atoms with Crippen molar-refractivity contribution in [2.24, 2.45) is 0 Å². The minimum atomic E-state index is -4.44. The monoisotopic (exact) mass is 625 g/mol. The fourth-order valence-electron chi connectivity index (χ4n) is 6.70. The Morgan fingerprint density at radius 1 is 1.12 bits per heavy atom. The molecule has 3 aromatic rings. The quantitative estimate of drug-likeness (QED) is 0.269. The summed E-state index contributed by atoms with van der Waals surface area (Å²) in [7, 11) is -4.44. The van der Waals surface area contributed by atoms with Gasteiger partial charge in [0.2, 0.25) is 0 Å². The molecule has 2 aliphatic heterocycles. The lowest BCUT2D eigenvalue weighted by atomic mass is 9.68. The largest absolute Gasteiger partial charge is 0.346 e. The van der Waals surface area contributed by atoms with Gasteiger partial charge >= 0.3 is 15.9 Å². The topological polar surface area (TPSA) is 105 Å². The minimum absolute atomic E-state index is 0.111. The van der Waals surface area contributed by atoms with Crippen LogP contribution in [0.15, 0.2) is 77.3 Å². The van der Waals surface area contributed by atoms with Crippen molar-refractivity contribution in [2.75, 3.05) is 13.1 Å². The normalized spacial score (nSPS) is 20.8. The van der Waals surface area contributed by atoms with Crippen LogP contribution in [-0.4, -0.2) is 44.3 Å². The molecular formula is C32H35ClFN4O4S+. The molecule has 43 heavy (non-hydrogen) atoms. The maximum absolute atomic E-state index is 14.8. The number of quaternary nitrogens is 1. The summed E-state index contributed by atoms with van der Waals surface area (Å²) >= 11 is 6.22. The van der Waals surface area contributed by atoms with Gasteiger partial charge in [0.15, 0.2) is 5.69 Å². The highest BCUT2D eigenvalue weighted by Crippen LogP contribution is 2.58. The lowest BCUT2D eigenvalue weighted by Crippen LogP contribution is -2.66. The molecule has 5 rings (SSSR count). The average Bonchev–Trinajstić information content (AvgIpc) is 3.22. The average molecular weight is 626 g/mol. The molecule has 1 aromatic heterocycles. The fourth-order valence-corrected chi connectivity index (χ4v) is 9.08.